The van der Waals surface area contributed by atoms with Crippen LogP contribution < -0.4 is 28.4 Å². The van der Waals surface area contributed by atoms with Crippen LogP contribution in [-0.2, 0) is 9.53 Å². The molecule has 0 spiro atoms. The molecule has 0 unspecified atom stereocenters. The molecule has 4 rings (SSSR count). The molecule has 0 aliphatic carbocycles. The van der Waals surface area contributed by atoms with Crippen LogP contribution in [-0.4, -0.2) is 46.8 Å². The number of fused-ring (bicyclic) bond motifs is 2. The first-order valence-electron chi connectivity index (χ1n) is 9.84. The molecule has 0 amide bonds. The van der Waals surface area contributed by atoms with Crippen molar-refractivity contribution in [3.05, 3.63) is 35.4 Å². The van der Waals surface area contributed by atoms with Crippen molar-refractivity contribution in [2.45, 2.75) is 25.6 Å². The van der Waals surface area contributed by atoms with Crippen LogP contribution in [0.2, 0.25) is 0 Å². The van der Waals surface area contributed by atoms with Gasteiger partial charge in [-0.1, -0.05) is 0 Å². The fourth-order valence-corrected chi connectivity index (χ4v) is 4.46. The number of rotatable bonds is 6. The molecule has 0 bridgehead atoms. The molecule has 0 N–H and O–H groups in total. The van der Waals surface area contributed by atoms with Crippen LogP contribution in [0.3, 0.4) is 0 Å². The summed E-state index contributed by atoms with van der Waals surface area (Å²) in [7, 11) is 6.18. The largest absolute Gasteiger partial charge is 0.493 e. The highest BCUT2D eigenvalue weighted by Crippen LogP contribution is 2.54. The van der Waals surface area contributed by atoms with Crippen molar-refractivity contribution in [3.63, 3.8) is 0 Å². The van der Waals surface area contributed by atoms with E-state index in [1.165, 1.54) is 14.0 Å². The average Bonchev–Trinajstić information content (AvgIpc) is 3.22. The van der Waals surface area contributed by atoms with E-state index >= 15 is 0 Å². The van der Waals surface area contributed by atoms with Gasteiger partial charge in [0.15, 0.2) is 23.0 Å². The number of carbonyl (C=O) groups is 1. The Kier molecular flexibility index (Phi) is 5.35. The Balaban J connectivity index is 1.99. The van der Waals surface area contributed by atoms with Crippen molar-refractivity contribution < 1.29 is 38.0 Å². The van der Waals surface area contributed by atoms with Crippen molar-refractivity contribution in [1.29, 1.82) is 0 Å². The zero-order valence-corrected chi connectivity index (χ0v) is 18.4. The van der Waals surface area contributed by atoms with Crippen LogP contribution in [0, 0.1) is 5.92 Å². The first-order chi connectivity index (χ1) is 14.9. The zero-order chi connectivity index (χ0) is 22.3. The Morgan fingerprint density at radius 3 is 2.06 bits per heavy atom. The Morgan fingerprint density at radius 2 is 1.55 bits per heavy atom. The first kappa shape index (κ1) is 21.1. The average molecular weight is 430 g/mol. The molecule has 2 aliphatic heterocycles. The van der Waals surface area contributed by atoms with Crippen molar-refractivity contribution in [1.82, 2.24) is 0 Å². The third-order valence-corrected chi connectivity index (χ3v) is 5.94. The minimum atomic E-state index is -1.20. The molecular weight excluding hydrogens is 404 g/mol. The zero-order valence-electron chi connectivity index (χ0n) is 18.4. The molecule has 2 aliphatic rings. The summed E-state index contributed by atoms with van der Waals surface area (Å²) in [5.41, 5.74) is 1.58. The highest BCUT2D eigenvalue weighted by molar-refractivity contribution is 5.82. The van der Waals surface area contributed by atoms with Crippen molar-refractivity contribution in [3.8, 4) is 34.5 Å². The van der Waals surface area contributed by atoms with E-state index in [2.05, 4.69) is 0 Å². The lowest BCUT2D eigenvalue weighted by Crippen LogP contribution is -2.51. The maximum atomic E-state index is 12.9. The summed E-state index contributed by atoms with van der Waals surface area (Å²) in [6.45, 7) is 3.43. The van der Waals surface area contributed by atoms with Crippen LogP contribution in [0.5, 0.6) is 34.5 Å². The lowest BCUT2D eigenvalue weighted by Gasteiger charge is -2.44. The van der Waals surface area contributed by atoms with Crippen molar-refractivity contribution in [2.75, 3.05) is 35.2 Å². The van der Waals surface area contributed by atoms with Gasteiger partial charge < -0.3 is 33.2 Å². The van der Waals surface area contributed by atoms with Crippen LogP contribution in [0.1, 0.15) is 30.9 Å². The highest BCUT2D eigenvalue weighted by atomic mass is 16.7. The minimum absolute atomic E-state index is 0.0774. The fraction of sp³-hybridized carbons (Fsp3) is 0.435. The van der Waals surface area contributed by atoms with E-state index in [-0.39, 0.29) is 12.6 Å². The van der Waals surface area contributed by atoms with Gasteiger partial charge in [-0.05, 0) is 30.7 Å². The van der Waals surface area contributed by atoms with Crippen LogP contribution in [0.4, 0.5) is 0 Å². The number of hydrogen-bond acceptors (Lipinski definition) is 8. The van der Waals surface area contributed by atoms with Crippen LogP contribution in [0.25, 0.3) is 0 Å². The quantitative estimate of drug-likeness (QED) is 0.689. The number of carbonyl (C=O) groups excluding carboxylic acids is 1. The molecule has 0 saturated heterocycles. The summed E-state index contributed by atoms with van der Waals surface area (Å²) >= 11 is 0. The predicted molar refractivity (Wildman–Crippen MR) is 111 cm³/mol. The summed E-state index contributed by atoms with van der Waals surface area (Å²) in [5, 5.41) is 0. The number of ether oxygens (including phenoxy) is 7. The number of hydrogen-bond donors (Lipinski definition) is 0. The molecule has 0 saturated carbocycles. The van der Waals surface area contributed by atoms with Gasteiger partial charge in [-0.3, -0.25) is 4.79 Å². The molecule has 0 aromatic heterocycles. The summed E-state index contributed by atoms with van der Waals surface area (Å²) in [4.78, 5) is 12.9. The molecule has 8 heteroatoms. The van der Waals surface area contributed by atoms with E-state index in [0.717, 1.165) is 11.1 Å². The van der Waals surface area contributed by atoms with Gasteiger partial charge in [0.2, 0.25) is 18.3 Å². The van der Waals surface area contributed by atoms with Gasteiger partial charge in [0.25, 0.3) is 0 Å². The smallest absolute Gasteiger partial charge is 0.231 e. The normalized spacial score (nSPS) is 23.5. The fourth-order valence-electron chi connectivity index (χ4n) is 4.46. The highest BCUT2D eigenvalue weighted by Gasteiger charge is 2.51. The molecule has 0 radical (unpaired) electrons. The van der Waals surface area contributed by atoms with Crippen molar-refractivity contribution in [2.24, 2.45) is 5.92 Å². The number of benzene rings is 2. The van der Waals surface area contributed by atoms with Gasteiger partial charge in [0.05, 0.1) is 27.2 Å². The molecule has 2 heterocycles. The van der Waals surface area contributed by atoms with Gasteiger partial charge in [0.1, 0.15) is 11.5 Å². The van der Waals surface area contributed by atoms with Crippen LogP contribution >= 0.6 is 0 Å². The first-order valence-corrected chi connectivity index (χ1v) is 9.84. The summed E-state index contributed by atoms with van der Waals surface area (Å²) in [5.74, 6) is 0.862. The van der Waals surface area contributed by atoms with E-state index in [1.54, 1.807) is 34.3 Å². The molecular formula is C23H26O8. The minimum Gasteiger partial charge on any atom is -0.493 e. The van der Waals surface area contributed by atoms with E-state index in [9.17, 15) is 4.79 Å². The maximum Gasteiger partial charge on any atom is 0.231 e. The van der Waals surface area contributed by atoms with Gasteiger partial charge in [-0.2, -0.15) is 0 Å². The summed E-state index contributed by atoms with van der Waals surface area (Å²) in [6.07, 6.45) is 0. The SMILES string of the molecule is COc1cc([C@H]2c3cc4c(cc3O[C@@](C)(OC)[C@@H]2C(C)=O)OCO4)cc(OC)c1OC. The van der Waals surface area contributed by atoms with Gasteiger partial charge >= 0.3 is 0 Å². The maximum absolute atomic E-state index is 12.9. The second-order valence-corrected chi connectivity index (χ2v) is 7.59. The Labute approximate surface area is 180 Å². The van der Waals surface area contributed by atoms with E-state index in [4.69, 9.17) is 33.2 Å². The second kappa shape index (κ2) is 7.85. The Hall–Kier alpha value is -3.13. The van der Waals surface area contributed by atoms with Gasteiger partial charge in [-0.25, -0.2) is 0 Å². The van der Waals surface area contributed by atoms with Crippen LogP contribution in [0.15, 0.2) is 24.3 Å². The molecule has 2 aromatic carbocycles. The number of ketones is 1. The molecule has 0 fully saturated rings. The topological polar surface area (TPSA) is 81.7 Å². The third-order valence-electron chi connectivity index (χ3n) is 5.94. The van der Waals surface area contributed by atoms with E-state index in [0.29, 0.717) is 34.5 Å². The van der Waals surface area contributed by atoms with E-state index < -0.39 is 17.6 Å². The standard InChI is InChI=1S/C23H26O8/c1-12(24)21-20(13-7-18(25-3)22(27-5)19(8-13)26-4)14-9-16-17(30-11-29-16)10-15(14)31-23(21,2)28-6/h7-10,20-21H,11H2,1-6H3/t20-,21+,23+/m0/s1. The lowest BCUT2D eigenvalue weighted by atomic mass is 9.72. The summed E-state index contributed by atoms with van der Waals surface area (Å²) in [6, 6.07) is 7.32. The Morgan fingerprint density at radius 1 is 0.935 bits per heavy atom. The Bertz CT molecular complexity index is 992. The van der Waals surface area contributed by atoms with E-state index in [1.807, 2.05) is 18.2 Å². The lowest BCUT2D eigenvalue weighted by molar-refractivity contribution is -0.199. The number of methoxy groups -OCH3 is 4. The summed E-state index contributed by atoms with van der Waals surface area (Å²) < 4.78 is 39.6. The molecule has 3 atom stereocenters. The molecule has 8 nitrogen and oxygen atoms in total. The monoisotopic (exact) mass is 430 g/mol. The molecule has 2 aromatic rings. The van der Waals surface area contributed by atoms with Gasteiger partial charge in [-0.15, -0.1) is 0 Å². The second-order valence-electron chi connectivity index (χ2n) is 7.59. The van der Waals surface area contributed by atoms with Gasteiger partial charge in [0, 0.05) is 31.6 Å². The molecule has 31 heavy (non-hydrogen) atoms. The third kappa shape index (κ3) is 3.31. The molecule has 166 valence electrons. The predicted octanol–water partition coefficient (Wildman–Crippen LogP) is 3.53. The number of Topliss-reactive ketones (excluding diaryl/α,β-unsaturated/α-hetero) is 1. The van der Waals surface area contributed by atoms with Crippen molar-refractivity contribution >= 4 is 5.78 Å².